The molecule has 0 saturated heterocycles. The second-order valence-electron chi connectivity index (χ2n) is 5.67. The molecule has 2 amide bonds. The minimum Gasteiger partial charge on any atom is -0.495 e. The van der Waals surface area contributed by atoms with Crippen LogP contribution >= 0.6 is 0 Å². The van der Waals surface area contributed by atoms with Gasteiger partial charge >= 0.3 is 0 Å². The number of benzene rings is 2. The SMILES string of the molecule is COc1ccc(NC(C)=O)cc1NC(=O)c1n[nH]c2ccc(C)cc12. The Morgan fingerprint density at radius 1 is 1.12 bits per heavy atom. The Morgan fingerprint density at radius 2 is 1.92 bits per heavy atom. The van der Waals surface area contributed by atoms with E-state index in [9.17, 15) is 9.59 Å². The fraction of sp³-hybridized carbons (Fsp3) is 0.167. The molecule has 0 aliphatic heterocycles. The average molecular weight is 338 g/mol. The number of nitrogens with one attached hydrogen (secondary N) is 3. The number of hydrogen-bond donors (Lipinski definition) is 3. The highest BCUT2D eigenvalue weighted by Crippen LogP contribution is 2.29. The van der Waals surface area contributed by atoms with Gasteiger partial charge in [0.1, 0.15) is 5.75 Å². The monoisotopic (exact) mass is 338 g/mol. The Kier molecular flexibility index (Phi) is 4.38. The van der Waals surface area contributed by atoms with Gasteiger partial charge in [-0.25, -0.2) is 0 Å². The summed E-state index contributed by atoms with van der Waals surface area (Å²) in [5.41, 5.74) is 3.13. The number of carbonyl (C=O) groups is 2. The van der Waals surface area contributed by atoms with Gasteiger partial charge in [-0.1, -0.05) is 11.6 Å². The number of aromatic amines is 1. The summed E-state index contributed by atoms with van der Waals surface area (Å²) >= 11 is 0. The van der Waals surface area contributed by atoms with E-state index in [1.807, 2.05) is 25.1 Å². The molecule has 1 heterocycles. The number of aryl methyl sites for hydroxylation is 1. The first-order valence-corrected chi connectivity index (χ1v) is 7.69. The number of nitrogens with zero attached hydrogens (tertiary/aromatic N) is 1. The van der Waals surface area contributed by atoms with Crippen LogP contribution in [-0.4, -0.2) is 29.1 Å². The molecule has 0 bridgehead atoms. The van der Waals surface area contributed by atoms with Crippen LogP contribution < -0.4 is 15.4 Å². The lowest BCUT2D eigenvalue weighted by Gasteiger charge is -2.12. The third-order valence-electron chi connectivity index (χ3n) is 3.70. The van der Waals surface area contributed by atoms with E-state index in [2.05, 4.69) is 20.8 Å². The molecule has 3 N–H and O–H groups in total. The maximum atomic E-state index is 12.7. The first-order valence-electron chi connectivity index (χ1n) is 7.69. The number of aromatic nitrogens is 2. The largest absolute Gasteiger partial charge is 0.495 e. The molecule has 7 heteroatoms. The molecule has 1 aromatic heterocycles. The lowest BCUT2D eigenvalue weighted by atomic mass is 10.1. The van der Waals surface area contributed by atoms with Crippen LogP contribution in [-0.2, 0) is 4.79 Å². The first-order chi connectivity index (χ1) is 12.0. The molecule has 0 atom stereocenters. The quantitative estimate of drug-likeness (QED) is 0.681. The molecule has 128 valence electrons. The van der Waals surface area contributed by atoms with E-state index >= 15 is 0 Å². The van der Waals surface area contributed by atoms with E-state index in [0.717, 1.165) is 16.5 Å². The van der Waals surface area contributed by atoms with Crippen molar-refractivity contribution in [3.8, 4) is 5.75 Å². The van der Waals surface area contributed by atoms with Gasteiger partial charge < -0.3 is 15.4 Å². The van der Waals surface area contributed by atoms with Crippen LogP contribution in [0.15, 0.2) is 36.4 Å². The number of amides is 2. The molecule has 0 fully saturated rings. The van der Waals surface area contributed by atoms with Gasteiger partial charge in [0.05, 0.1) is 18.3 Å². The van der Waals surface area contributed by atoms with Crippen LogP contribution in [0.25, 0.3) is 10.9 Å². The zero-order chi connectivity index (χ0) is 18.0. The molecule has 0 saturated carbocycles. The summed E-state index contributed by atoms with van der Waals surface area (Å²) in [6.07, 6.45) is 0. The molecule has 25 heavy (non-hydrogen) atoms. The Hall–Kier alpha value is -3.35. The third-order valence-corrected chi connectivity index (χ3v) is 3.70. The molecule has 0 aliphatic carbocycles. The van der Waals surface area contributed by atoms with Gasteiger partial charge in [-0.05, 0) is 37.3 Å². The van der Waals surface area contributed by atoms with E-state index in [4.69, 9.17) is 4.74 Å². The number of H-pyrrole nitrogens is 1. The number of ether oxygens (including phenoxy) is 1. The number of fused-ring (bicyclic) bond motifs is 1. The Morgan fingerprint density at radius 3 is 2.64 bits per heavy atom. The van der Waals surface area contributed by atoms with Crippen molar-refractivity contribution in [2.75, 3.05) is 17.7 Å². The summed E-state index contributed by atoms with van der Waals surface area (Å²) in [5, 5.41) is 13.2. The maximum absolute atomic E-state index is 12.7. The number of methoxy groups -OCH3 is 1. The highest BCUT2D eigenvalue weighted by atomic mass is 16.5. The molecule has 3 aromatic rings. The molecule has 3 rings (SSSR count). The van der Waals surface area contributed by atoms with Crippen molar-refractivity contribution in [1.29, 1.82) is 0 Å². The van der Waals surface area contributed by atoms with E-state index in [0.29, 0.717) is 22.8 Å². The second kappa shape index (κ2) is 6.64. The normalized spacial score (nSPS) is 10.5. The van der Waals surface area contributed by atoms with Gasteiger partial charge in [0.2, 0.25) is 5.91 Å². The van der Waals surface area contributed by atoms with Crippen molar-refractivity contribution in [1.82, 2.24) is 10.2 Å². The summed E-state index contributed by atoms with van der Waals surface area (Å²) in [6, 6.07) is 10.7. The number of rotatable bonds is 4. The van der Waals surface area contributed by atoms with Crippen LogP contribution in [0.2, 0.25) is 0 Å². The fourth-order valence-electron chi connectivity index (χ4n) is 2.57. The van der Waals surface area contributed by atoms with Gasteiger partial charge in [-0.3, -0.25) is 14.7 Å². The predicted octanol–water partition coefficient (Wildman–Crippen LogP) is 3.09. The number of anilines is 2. The average Bonchev–Trinajstić information content (AvgIpc) is 2.97. The van der Waals surface area contributed by atoms with Gasteiger partial charge in [0, 0.05) is 18.0 Å². The van der Waals surface area contributed by atoms with Crippen molar-refractivity contribution in [3.63, 3.8) is 0 Å². The number of carbonyl (C=O) groups excluding carboxylic acids is 2. The molecule has 0 radical (unpaired) electrons. The van der Waals surface area contributed by atoms with Crippen LogP contribution in [0.5, 0.6) is 5.75 Å². The number of hydrogen-bond acceptors (Lipinski definition) is 4. The van der Waals surface area contributed by atoms with Crippen molar-refractivity contribution in [2.24, 2.45) is 0 Å². The van der Waals surface area contributed by atoms with Crippen LogP contribution in [0, 0.1) is 6.92 Å². The van der Waals surface area contributed by atoms with Crippen LogP contribution in [0.3, 0.4) is 0 Å². The van der Waals surface area contributed by atoms with Crippen LogP contribution in [0.1, 0.15) is 23.0 Å². The topological polar surface area (TPSA) is 96.1 Å². The summed E-state index contributed by atoms with van der Waals surface area (Å²) in [7, 11) is 1.51. The summed E-state index contributed by atoms with van der Waals surface area (Å²) in [5.74, 6) is -0.0789. The van der Waals surface area contributed by atoms with E-state index < -0.39 is 0 Å². The second-order valence-corrected chi connectivity index (χ2v) is 5.67. The standard InChI is InChI=1S/C18H18N4O3/c1-10-4-6-14-13(8-10)17(22-21-14)18(24)20-15-9-12(19-11(2)23)5-7-16(15)25-3/h4-9H,1-3H3,(H,19,23)(H,20,24)(H,21,22). The van der Waals surface area contributed by atoms with Crippen LogP contribution in [0.4, 0.5) is 11.4 Å². The molecular weight excluding hydrogens is 320 g/mol. The molecule has 0 spiro atoms. The van der Waals surface area contributed by atoms with Crippen molar-refractivity contribution in [3.05, 3.63) is 47.7 Å². The summed E-state index contributed by atoms with van der Waals surface area (Å²) in [4.78, 5) is 23.9. The van der Waals surface area contributed by atoms with E-state index in [1.165, 1.54) is 14.0 Å². The molecule has 7 nitrogen and oxygen atoms in total. The Bertz CT molecular complexity index is 962. The lowest BCUT2D eigenvalue weighted by Crippen LogP contribution is -2.14. The summed E-state index contributed by atoms with van der Waals surface area (Å²) < 4.78 is 5.27. The van der Waals surface area contributed by atoms with E-state index in [1.54, 1.807) is 18.2 Å². The highest BCUT2D eigenvalue weighted by molar-refractivity contribution is 6.11. The molecular formula is C18H18N4O3. The molecule has 2 aromatic carbocycles. The zero-order valence-electron chi connectivity index (χ0n) is 14.1. The minimum absolute atomic E-state index is 0.198. The molecule has 0 unspecified atom stereocenters. The van der Waals surface area contributed by atoms with Crippen molar-refractivity contribution in [2.45, 2.75) is 13.8 Å². The lowest BCUT2D eigenvalue weighted by molar-refractivity contribution is -0.114. The summed E-state index contributed by atoms with van der Waals surface area (Å²) in [6.45, 7) is 3.37. The first kappa shape index (κ1) is 16.5. The maximum Gasteiger partial charge on any atom is 0.276 e. The van der Waals surface area contributed by atoms with Gasteiger partial charge in [-0.2, -0.15) is 5.10 Å². The third kappa shape index (κ3) is 3.45. The van der Waals surface area contributed by atoms with Crippen molar-refractivity contribution < 1.29 is 14.3 Å². The van der Waals surface area contributed by atoms with Gasteiger partial charge in [0.25, 0.3) is 5.91 Å². The fourth-order valence-corrected chi connectivity index (χ4v) is 2.57. The van der Waals surface area contributed by atoms with Gasteiger partial charge in [0.15, 0.2) is 5.69 Å². The minimum atomic E-state index is -0.366. The Labute approximate surface area is 144 Å². The Balaban J connectivity index is 1.93. The smallest absolute Gasteiger partial charge is 0.276 e. The van der Waals surface area contributed by atoms with Crippen molar-refractivity contribution >= 4 is 34.1 Å². The zero-order valence-corrected chi connectivity index (χ0v) is 14.1. The highest BCUT2D eigenvalue weighted by Gasteiger charge is 2.16. The molecule has 0 aliphatic rings. The van der Waals surface area contributed by atoms with E-state index in [-0.39, 0.29) is 11.8 Å². The van der Waals surface area contributed by atoms with Gasteiger partial charge in [-0.15, -0.1) is 0 Å². The predicted molar refractivity (Wildman–Crippen MR) is 96.1 cm³/mol.